The lowest BCUT2D eigenvalue weighted by atomic mass is 9.72. The zero-order valence-electron chi connectivity index (χ0n) is 17.6. The Morgan fingerprint density at radius 2 is 1.96 bits per heavy atom. The third-order valence-electron chi connectivity index (χ3n) is 5.66. The highest BCUT2D eigenvalue weighted by Crippen LogP contribution is 2.41. The van der Waals surface area contributed by atoms with Gasteiger partial charge in [0.05, 0.1) is 19.3 Å². The number of carbonyl (C=O) groups is 1. The summed E-state index contributed by atoms with van der Waals surface area (Å²) >= 11 is 0. The fourth-order valence-corrected chi connectivity index (χ4v) is 4.14. The van der Waals surface area contributed by atoms with Gasteiger partial charge in [-0.2, -0.15) is 0 Å². The molecule has 0 heterocycles. The summed E-state index contributed by atoms with van der Waals surface area (Å²) in [4.78, 5) is 12.1. The molecular formula is C25H30O3. The second-order valence-corrected chi connectivity index (χ2v) is 8.14. The monoisotopic (exact) mass is 378 g/mol. The molecule has 2 aromatic rings. The predicted molar refractivity (Wildman–Crippen MR) is 116 cm³/mol. The number of hydrogen-bond acceptors (Lipinski definition) is 3. The van der Waals surface area contributed by atoms with E-state index in [0.717, 1.165) is 16.3 Å². The van der Waals surface area contributed by atoms with Gasteiger partial charge in [-0.1, -0.05) is 43.7 Å². The molecule has 0 N–H and O–H groups in total. The van der Waals surface area contributed by atoms with E-state index >= 15 is 0 Å². The van der Waals surface area contributed by atoms with Gasteiger partial charge in [-0.15, -0.1) is 0 Å². The zero-order chi connectivity index (χ0) is 20.3. The minimum Gasteiger partial charge on any atom is -0.496 e. The van der Waals surface area contributed by atoms with Crippen molar-refractivity contribution in [2.75, 3.05) is 13.7 Å². The van der Waals surface area contributed by atoms with Gasteiger partial charge in [0.1, 0.15) is 5.75 Å². The first-order valence-electron chi connectivity index (χ1n) is 10.0. The van der Waals surface area contributed by atoms with E-state index in [0.29, 0.717) is 17.9 Å². The lowest BCUT2D eigenvalue weighted by Gasteiger charge is -2.32. The Hall–Kier alpha value is -2.55. The van der Waals surface area contributed by atoms with Gasteiger partial charge in [-0.25, -0.2) is 4.79 Å². The Bertz CT molecular complexity index is 948. The van der Waals surface area contributed by atoms with E-state index in [9.17, 15) is 4.79 Å². The van der Waals surface area contributed by atoms with E-state index in [1.165, 1.54) is 30.4 Å². The van der Waals surface area contributed by atoms with Gasteiger partial charge in [-0.05, 0) is 73.2 Å². The molecule has 0 saturated carbocycles. The highest BCUT2D eigenvalue weighted by atomic mass is 16.5. The molecule has 28 heavy (non-hydrogen) atoms. The molecule has 3 nitrogen and oxygen atoms in total. The lowest BCUT2D eigenvalue weighted by Crippen LogP contribution is -2.18. The SMILES string of the molecule is CCOC(=O)c1cc(OC)c2cc(C=CC3=C(C)CCCC3(C)C)ccc2c1. The second kappa shape index (κ2) is 8.22. The van der Waals surface area contributed by atoms with Crippen LogP contribution in [0.2, 0.25) is 0 Å². The second-order valence-electron chi connectivity index (χ2n) is 8.14. The number of rotatable bonds is 5. The lowest BCUT2D eigenvalue weighted by molar-refractivity contribution is 0.0526. The maximum Gasteiger partial charge on any atom is 0.338 e. The predicted octanol–water partition coefficient (Wildman–Crippen LogP) is 6.56. The van der Waals surface area contributed by atoms with Crippen LogP contribution in [0.1, 0.15) is 62.9 Å². The number of fused-ring (bicyclic) bond motifs is 1. The van der Waals surface area contributed by atoms with Crippen molar-refractivity contribution in [1.29, 1.82) is 0 Å². The van der Waals surface area contributed by atoms with E-state index in [1.54, 1.807) is 20.1 Å². The van der Waals surface area contributed by atoms with Crippen molar-refractivity contribution >= 4 is 22.8 Å². The summed E-state index contributed by atoms with van der Waals surface area (Å²) in [6.07, 6.45) is 8.14. The van der Waals surface area contributed by atoms with Crippen molar-refractivity contribution in [3.63, 3.8) is 0 Å². The molecule has 1 aliphatic rings. The van der Waals surface area contributed by atoms with Gasteiger partial charge >= 0.3 is 5.97 Å². The molecule has 0 radical (unpaired) electrons. The largest absolute Gasteiger partial charge is 0.496 e. The van der Waals surface area contributed by atoms with Crippen LogP contribution in [0.4, 0.5) is 0 Å². The van der Waals surface area contributed by atoms with Crippen molar-refractivity contribution in [1.82, 2.24) is 0 Å². The molecule has 1 aliphatic carbocycles. The van der Waals surface area contributed by atoms with Crippen molar-refractivity contribution in [2.45, 2.75) is 47.0 Å². The van der Waals surface area contributed by atoms with Crippen LogP contribution < -0.4 is 4.74 Å². The van der Waals surface area contributed by atoms with Crippen LogP contribution in [-0.4, -0.2) is 19.7 Å². The Labute approximate surface area is 168 Å². The van der Waals surface area contributed by atoms with Gasteiger partial charge in [0, 0.05) is 5.39 Å². The third kappa shape index (κ3) is 4.14. The summed E-state index contributed by atoms with van der Waals surface area (Å²) in [6, 6.07) is 9.85. The first kappa shape index (κ1) is 20.2. The topological polar surface area (TPSA) is 35.5 Å². The average Bonchev–Trinajstić information content (AvgIpc) is 2.66. The molecule has 0 bridgehead atoms. The first-order valence-corrected chi connectivity index (χ1v) is 10.0. The van der Waals surface area contributed by atoms with Crippen LogP contribution in [0.3, 0.4) is 0 Å². The Balaban J connectivity index is 1.98. The molecule has 0 atom stereocenters. The fourth-order valence-electron chi connectivity index (χ4n) is 4.14. The maximum absolute atomic E-state index is 12.1. The van der Waals surface area contributed by atoms with Gasteiger partial charge in [-0.3, -0.25) is 0 Å². The average molecular weight is 379 g/mol. The molecule has 3 heteroatoms. The standard InChI is InChI=1S/C25H30O3/c1-6-28-24(26)20-15-19-11-9-18(14-21(19)23(16-20)27-5)10-12-22-17(2)8-7-13-25(22,3)4/h9-12,14-16H,6-8,13H2,1-5H3. The molecule has 0 amide bonds. The molecular weight excluding hydrogens is 348 g/mol. The molecule has 0 aliphatic heterocycles. The highest BCUT2D eigenvalue weighted by Gasteiger charge is 2.26. The van der Waals surface area contributed by atoms with Crippen molar-refractivity contribution < 1.29 is 14.3 Å². The summed E-state index contributed by atoms with van der Waals surface area (Å²) in [6.45, 7) is 9.07. The van der Waals surface area contributed by atoms with E-state index in [4.69, 9.17) is 9.47 Å². The summed E-state index contributed by atoms with van der Waals surface area (Å²) in [5.74, 6) is 0.359. The zero-order valence-corrected chi connectivity index (χ0v) is 17.6. The van der Waals surface area contributed by atoms with Crippen LogP contribution in [0.5, 0.6) is 5.75 Å². The van der Waals surface area contributed by atoms with E-state index < -0.39 is 0 Å². The minimum atomic E-state index is -0.325. The highest BCUT2D eigenvalue weighted by molar-refractivity contribution is 5.99. The Morgan fingerprint density at radius 1 is 1.18 bits per heavy atom. The van der Waals surface area contributed by atoms with Crippen molar-refractivity contribution in [2.24, 2.45) is 5.41 Å². The number of benzene rings is 2. The van der Waals surface area contributed by atoms with E-state index in [1.807, 2.05) is 12.1 Å². The number of ether oxygens (including phenoxy) is 2. The van der Waals surface area contributed by atoms with Crippen LogP contribution in [0.15, 0.2) is 47.6 Å². The maximum atomic E-state index is 12.1. The number of carbonyl (C=O) groups excluding carboxylic acids is 1. The Kier molecular flexibility index (Phi) is 5.93. The van der Waals surface area contributed by atoms with Gasteiger partial charge in [0.25, 0.3) is 0 Å². The number of methoxy groups -OCH3 is 1. The molecule has 0 unspecified atom stereocenters. The Morgan fingerprint density at radius 3 is 2.64 bits per heavy atom. The third-order valence-corrected chi connectivity index (χ3v) is 5.66. The molecule has 2 aromatic carbocycles. The smallest absolute Gasteiger partial charge is 0.338 e. The van der Waals surface area contributed by atoms with Gasteiger partial charge in [0.2, 0.25) is 0 Å². The van der Waals surface area contributed by atoms with Crippen LogP contribution in [-0.2, 0) is 4.74 Å². The van der Waals surface area contributed by atoms with Crippen molar-refractivity contribution in [3.05, 3.63) is 58.7 Å². The molecule has 148 valence electrons. The molecule has 0 saturated heterocycles. The quantitative estimate of drug-likeness (QED) is 0.552. The molecule has 0 fully saturated rings. The number of hydrogen-bond donors (Lipinski definition) is 0. The van der Waals surface area contributed by atoms with Gasteiger partial charge in [0.15, 0.2) is 0 Å². The summed E-state index contributed by atoms with van der Waals surface area (Å²) in [5, 5.41) is 1.96. The number of esters is 1. The summed E-state index contributed by atoms with van der Waals surface area (Å²) < 4.78 is 10.7. The van der Waals surface area contributed by atoms with Crippen LogP contribution in [0.25, 0.3) is 16.8 Å². The molecule has 0 aromatic heterocycles. The van der Waals surface area contributed by atoms with Crippen LogP contribution in [0, 0.1) is 5.41 Å². The molecule has 0 spiro atoms. The van der Waals surface area contributed by atoms with E-state index in [2.05, 4.69) is 45.1 Å². The van der Waals surface area contributed by atoms with Gasteiger partial charge < -0.3 is 9.47 Å². The fraction of sp³-hybridized carbons (Fsp3) is 0.400. The summed E-state index contributed by atoms with van der Waals surface area (Å²) in [7, 11) is 1.63. The molecule has 3 rings (SSSR count). The number of allylic oxidation sites excluding steroid dienone is 3. The van der Waals surface area contributed by atoms with E-state index in [-0.39, 0.29) is 11.4 Å². The van der Waals surface area contributed by atoms with Crippen LogP contribution >= 0.6 is 0 Å². The summed E-state index contributed by atoms with van der Waals surface area (Å²) in [5.41, 5.74) is 4.80. The first-order chi connectivity index (χ1) is 13.4. The van der Waals surface area contributed by atoms with Crippen molar-refractivity contribution in [3.8, 4) is 5.75 Å². The minimum absolute atomic E-state index is 0.224. The normalized spacial score (nSPS) is 16.6.